The average molecular weight is 222 g/mol. The van der Waals surface area contributed by atoms with Crippen molar-refractivity contribution >= 4 is 5.91 Å². The molecule has 0 radical (unpaired) electrons. The summed E-state index contributed by atoms with van der Waals surface area (Å²) in [5, 5.41) is 3.12. The summed E-state index contributed by atoms with van der Waals surface area (Å²) >= 11 is 0. The first-order valence-electron chi connectivity index (χ1n) is 5.38. The average Bonchev–Trinajstić information content (AvgIpc) is 2.35. The molecule has 1 aromatic rings. The maximum atomic E-state index is 11.5. The lowest BCUT2D eigenvalue weighted by Crippen LogP contribution is -2.36. The van der Waals surface area contributed by atoms with Gasteiger partial charge in [0, 0.05) is 38.2 Å². The summed E-state index contributed by atoms with van der Waals surface area (Å²) in [7, 11) is 1.79. The van der Waals surface area contributed by atoms with Crippen LogP contribution in [-0.4, -0.2) is 40.9 Å². The Kier molecular flexibility index (Phi) is 4.85. The molecule has 0 fully saturated rings. The number of likely N-dealkylation sites (N-methyl/N-ethyl adjacent to an activating group) is 1. The van der Waals surface area contributed by atoms with E-state index in [1.165, 1.54) is 0 Å². The van der Waals surface area contributed by atoms with Gasteiger partial charge in [-0.2, -0.15) is 0 Å². The van der Waals surface area contributed by atoms with E-state index in [4.69, 9.17) is 0 Å². The Bertz CT molecular complexity index is 328. The predicted octanol–water partition coefficient (Wildman–Crippen LogP) is 0.605. The van der Waals surface area contributed by atoms with Crippen LogP contribution in [0.15, 0.2) is 18.6 Å². The largest absolute Gasteiger partial charge is 0.345 e. The number of nitrogens with zero attached hydrogens (tertiary/aromatic N) is 3. The van der Waals surface area contributed by atoms with Crippen molar-refractivity contribution in [3.05, 3.63) is 24.3 Å². The number of carbonyl (C=O) groups excluding carboxylic acids is 1. The van der Waals surface area contributed by atoms with Gasteiger partial charge in [0.15, 0.2) is 0 Å². The third-order valence-electron chi connectivity index (χ3n) is 2.49. The van der Waals surface area contributed by atoms with Crippen LogP contribution in [0.3, 0.4) is 0 Å². The van der Waals surface area contributed by atoms with Gasteiger partial charge in [-0.3, -0.25) is 14.8 Å². The monoisotopic (exact) mass is 222 g/mol. The van der Waals surface area contributed by atoms with Crippen LogP contribution in [0.1, 0.15) is 25.6 Å². The molecule has 1 atom stereocenters. The normalized spacial score (nSPS) is 12.2. The molecule has 0 aliphatic rings. The van der Waals surface area contributed by atoms with E-state index in [2.05, 4.69) is 15.3 Å². The quantitative estimate of drug-likeness (QED) is 0.793. The minimum Gasteiger partial charge on any atom is -0.345 e. The summed E-state index contributed by atoms with van der Waals surface area (Å²) in [5.41, 5.74) is 0.842. The fourth-order valence-electron chi connectivity index (χ4n) is 1.19. The first-order chi connectivity index (χ1) is 7.65. The molecule has 5 nitrogen and oxygen atoms in total. The van der Waals surface area contributed by atoms with E-state index >= 15 is 0 Å². The van der Waals surface area contributed by atoms with Crippen molar-refractivity contribution in [1.82, 2.24) is 20.2 Å². The zero-order valence-corrected chi connectivity index (χ0v) is 9.97. The van der Waals surface area contributed by atoms with Gasteiger partial charge in [0.25, 0.3) is 0 Å². The van der Waals surface area contributed by atoms with Crippen molar-refractivity contribution in [1.29, 1.82) is 0 Å². The lowest BCUT2D eigenvalue weighted by molar-refractivity contribution is -0.128. The van der Waals surface area contributed by atoms with Crippen LogP contribution >= 0.6 is 0 Å². The van der Waals surface area contributed by atoms with Gasteiger partial charge < -0.3 is 10.2 Å². The van der Waals surface area contributed by atoms with Crippen molar-refractivity contribution in [2.75, 3.05) is 20.1 Å². The van der Waals surface area contributed by atoms with Crippen molar-refractivity contribution in [2.45, 2.75) is 19.9 Å². The second-order valence-corrected chi connectivity index (χ2v) is 3.64. The minimum atomic E-state index is 0.0305. The minimum absolute atomic E-state index is 0.0305. The van der Waals surface area contributed by atoms with Crippen LogP contribution in [0, 0.1) is 0 Å². The van der Waals surface area contributed by atoms with Crippen LogP contribution < -0.4 is 5.32 Å². The molecule has 0 aliphatic heterocycles. The number of carbonyl (C=O) groups is 1. The summed E-state index contributed by atoms with van der Waals surface area (Å²) in [4.78, 5) is 21.4. The lowest BCUT2D eigenvalue weighted by Gasteiger charge is -2.17. The Morgan fingerprint density at radius 2 is 2.31 bits per heavy atom. The Hall–Kier alpha value is -1.49. The van der Waals surface area contributed by atoms with Crippen molar-refractivity contribution in [3.63, 3.8) is 0 Å². The van der Waals surface area contributed by atoms with Crippen LogP contribution in [0.4, 0.5) is 0 Å². The lowest BCUT2D eigenvalue weighted by atomic mass is 10.2. The van der Waals surface area contributed by atoms with Gasteiger partial charge in [0.1, 0.15) is 0 Å². The summed E-state index contributed by atoms with van der Waals surface area (Å²) in [6, 6.07) is 0.0305. The van der Waals surface area contributed by atoms with Gasteiger partial charge in [-0.15, -0.1) is 0 Å². The standard InChI is InChI=1S/C11H18N4O/c1-4-15(3)11(16)8-14-9(2)10-7-12-5-6-13-10/h5-7,9,14H,4,8H2,1-3H3. The van der Waals surface area contributed by atoms with Crippen molar-refractivity contribution in [2.24, 2.45) is 0 Å². The van der Waals surface area contributed by atoms with Gasteiger partial charge >= 0.3 is 0 Å². The first-order valence-corrected chi connectivity index (χ1v) is 5.38. The van der Waals surface area contributed by atoms with Gasteiger partial charge in [-0.25, -0.2) is 0 Å². The molecule has 1 heterocycles. The maximum absolute atomic E-state index is 11.5. The molecule has 16 heavy (non-hydrogen) atoms. The fourth-order valence-corrected chi connectivity index (χ4v) is 1.19. The van der Waals surface area contributed by atoms with E-state index in [1.807, 2.05) is 13.8 Å². The van der Waals surface area contributed by atoms with Gasteiger partial charge in [0.2, 0.25) is 5.91 Å². The van der Waals surface area contributed by atoms with E-state index < -0.39 is 0 Å². The summed E-state index contributed by atoms with van der Waals surface area (Å²) in [5.74, 6) is 0.0817. The number of aromatic nitrogens is 2. The zero-order chi connectivity index (χ0) is 12.0. The Morgan fingerprint density at radius 3 is 2.88 bits per heavy atom. The van der Waals surface area contributed by atoms with Crippen molar-refractivity contribution in [3.8, 4) is 0 Å². The highest BCUT2D eigenvalue weighted by atomic mass is 16.2. The number of amides is 1. The fraction of sp³-hybridized carbons (Fsp3) is 0.545. The predicted molar refractivity (Wildman–Crippen MR) is 61.8 cm³/mol. The molecule has 0 saturated heterocycles. The molecule has 1 rings (SSSR count). The molecule has 0 spiro atoms. The highest BCUT2D eigenvalue weighted by Crippen LogP contribution is 2.05. The van der Waals surface area contributed by atoms with E-state index in [-0.39, 0.29) is 11.9 Å². The molecule has 1 N–H and O–H groups in total. The molecule has 1 amide bonds. The molecule has 5 heteroatoms. The van der Waals surface area contributed by atoms with Gasteiger partial charge in [-0.05, 0) is 13.8 Å². The first kappa shape index (κ1) is 12.6. The molecule has 1 unspecified atom stereocenters. The topological polar surface area (TPSA) is 58.1 Å². The van der Waals surface area contributed by atoms with E-state index in [0.717, 1.165) is 12.2 Å². The summed E-state index contributed by atoms with van der Waals surface area (Å²) in [6.07, 6.45) is 4.98. The molecule has 0 bridgehead atoms. The Labute approximate surface area is 95.9 Å². The third kappa shape index (κ3) is 3.58. The molecule has 88 valence electrons. The summed E-state index contributed by atoms with van der Waals surface area (Å²) < 4.78 is 0. The molecule has 0 aromatic carbocycles. The van der Waals surface area contributed by atoms with Crippen LogP contribution in [0.25, 0.3) is 0 Å². The molecule has 0 saturated carbocycles. The molecular weight excluding hydrogens is 204 g/mol. The number of hydrogen-bond donors (Lipinski definition) is 1. The van der Waals surface area contributed by atoms with Gasteiger partial charge in [-0.1, -0.05) is 0 Å². The Morgan fingerprint density at radius 1 is 1.56 bits per heavy atom. The zero-order valence-electron chi connectivity index (χ0n) is 9.97. The SMILES string of the molecule is CCN(C)C(=O)CNC(C)c1cnccn1. The summed E-state index contributed by atoms with van der Waals surface area (Å²) in [6.45, 7) is 4.95. The third-order valence-corrected chi connectivity index (χ3v) is 2.49. The second kappa shape index (κ2) is 6.17. The molecular formula is C11H18N4O. The maximum Gasteiger partial charge on any atom is 0.236 e. The highest BCUT2D eigenvalue weighted by molar-refractivity contribution is 5.77. The highest BCUT2D eigenvalue weighted by Gasteiger charge is 2.10. The van der Waals surface area contributed by atoms with Crippen LogP contribution in [0.2, 0.25) is 0 Å². The van der Waals surface area contributed by atoms with E-state index in [1.54, 1.807) is 30.5 Å². The van der Waals surface area contributed by atoms with Gasteiger partial charge in [0.05, 0.1) is 12.2 Å². The molecule has 0 aliphatic carbocycles. The second-order valence-electron chi connectivity index (χ2n) is 3.64. The molecule has 1 aromatic heterocycles. The van der Waals surface area contributed by atoms with Crippen LogP contribution in [-0.2, 0) is 4.79 Å². The number of hydrogen-bond acceptors (Lipinski definition) is 4. The Balaban J connectivity index is 2.42. The van der Waals surface area contributed by atoms with Crippen molar-refractivity contribution < 1.29 is 4.79 Å². The smallest absolute Gasteiger partial charge is 0.236 e. The van der Waals surface area contributed by atoms with E-state index in [0.29, 0.717) is 6.54 Å². The van der Waals surface area contributed by atoms with E-state index in [9.17, 15) is 4.79 Å². The van der Waals surface area contributed by atoms with Crippen LogP contribution in [0.5, 0.6) is 0 Å². The number of rotatable bonds is 5. The number of nitrogens with one attached hydrogen (secondary N) is 1.